The second-order valence-corrected chi connectivity index (χ2v) is 12.1. The molecule has 2 heterocycles. The van der Waals surface area contributed by atoms with Gasteiger partial charge in [0.05, 0.1) is 16.8 Å². The van der Waals surface area contributed by atoms with Crippen molar-refractivity contribution in [1.29, 1.82) is 0 Å². The summed E-state index contributed by atoms with van der Waals surface area (Å²) < 4.78 is 5.86. The first-order chi connectivity index (χ1) is 15.8. The number of para-hydroxylation sites is 1. The molecule has 0 aliphatic carbocycles. The van der Waals surface area contributed by atoms with Gasteiger partial charge in [0.25, 0.3) is 0 Å². The minimum atomic E-state index is -0.643. The molecule has 0 unspecified atom stereocenters. The second-order valence-electron chi connectivity index (χ2n) is 11.7. The highest BCUT2D eigenvalue weighted by Crippen LogP contribution is 2.54. The topological polar surface area (TPSA) is 42.0 Å². The Morgan fingerprint density at radius 3 is 2.18 bits per heavy atom. The van der Waals surface area contributed by atoms with E-state index in [9.17, 15) is 4.79 Å². The number of hydroxylamine groups is 2. The molecule has 0 spiro atoms. The zero-order valence-electron chi connectivity index (χ0n) is 21.4. The molecule has 0 radical (unpaired) electrons. The molecule has 2 aromatic rings. The average Bonchev–Trinajstić information content (AvgIpc) is 3.05. The standard InChI is InChI=1S/C28H37ClN2O3/c1-26(2,3)33-25(32)30-22(19-13-9-8-10-14-19)24(20-15-11-16-21(29)23(20)30)34-31-27(4,5)17-12-18-28(31,6)7/h8-11,13-16,22,24H,12,17-18H2,1-7H3/t22-,24+/m0/s1. The van der Waals surface area contributed by atoms with Gasteiger partial charge in [0.2, 0.25) is 0 Å². The first-order valence-electron chi connectivity index (χ1n) is 12.1. The fourth-order valence-corrected chi connectivity index (χ4v) is 5.71. The molecule has 0 N–H and O–H groups in total. The predicted octanol–water partition coefficient (Wildman–Crippen LogP) is 7.85. The average molecular weight is 485 g/mol. The van der Waals surface area contributed by atoms with Crippen molar-refractivity contribution in [1.82, 2.24) is 5.06 Å². The first-order valence-corrected chi connectivity index (χ1v) is 12.5. The SMILES string of the molecule is CC(C)(C)OC(=O)N1c2c(Cl)cccc2[C@@H](ON2C(C)(C)CCCC2(C)C)[C@@H]1c1ccccc1. The molecule has 0 bridgehead atoms. The number of nitrogens with zero attached hydrogens (tertiary/aromatic N) is 2. The van der Waals surface area contributed by atoms with Crippen LogP contribution in [0.25, 0.3) is 0 Å². The fraction of sp³-hybridized carbons (Fsp3) is 0.536. The number of hydrogen-bond acceptors (Lipinski definition) is 4. The molecule has 4 rings (SSSR count). The van der Waals surface area contributed by atoms with Gasteiger partial charge >= 0.3 is 6.09 Å². The number of rotatable bonds is 3. The lowest BCUT2D eigenvalue weighted by molar-refractivity contribution is -0.309. The Balaban J connectivity index is 1.86. The molecule has 184 valence electrons. The van der Waals surface area contributed by atoms with Gasteiger partial charge in [-0.1, -0.05) is 54.1 Å². The lowest BCUT2D eigenvalue weighted by Crippen LogP contribution is -2.58. The largest absolute Gasteiger partial charge is 0.443 e. The minimum Gasteiger partial charge on any atom is -0.443 e. The van der Waals surface area contributed by atoms with E-state index in [0.717, 1.165) is 30.4 Å². The van der Waals surface area contributed by atoms with E-state index in [0.29, 0.717) is 10.7 Å². The molecular weight excluding hydrogens is 448 g/mol. The minimum absolute atomic E-state index is 0.152. The smallest absolute Gasteiger partial charge is 0.415 e. The number of ether oxygens (including phenoxy) is 1. The van der Waals surface area contributed by atoms with Crippen LogP contribution in [0.2, 0.25) is 5.02 Å². The summed E-state index contributed by atoms with van der Waals surface area (Å²) in [4.78, 5) is 22.3. The number of hydrogen-bond donors (Lipinski definition) is 0. The van der Waals surface area contributed by atoms with Crippen LogP contribution in [0.3, 0.4) is 0 Å². The van der Waals surface area contributed by atoms with E-state index in [1.807, 2.05) is 69.3 Å². The molecule has 6 heteroatoms. The van der Waals surface area contributed by atoms with Crippen LogP contribution >= 0.6 is 11.6 Å². The highest BCUT2D eigenvalue weighted by molar-refractivity contribution is 6.34. The van der Waals surface area contributed by atoms with Crippen LogP contribution in [0.5, 0.6) is 0 Å². The number of piperidine rings is 1. The maximum Gasteiger partial charge on any atom is 0.415 e. The number of carbonyl (C=O) groups is 1. The van der Waals surface area contributed by atoms with Crippen LogP contribution in [0.4, 0.5) is 10.5 Å². The monoisotopic (exact) mass is 484 g/mol. The number of anilines is 1. The molecule has 5 nitrogen and oxygen atoms in total. The Labute approximate surface area is 208 Å². The summed E-state index contributed by atoms with van der Waals surface area (Å²) in [6.07, 6.45) is 2.37. The van der Waals surface area contributed by atoms with Gasteiger partial charge in [-0.25, -0.2) is 4.79 Å². The molecule has 1 saturated heterocycles. The van der Waals surface area contributed by atoms with Crippen molar-refractivity contribution in [3.05, 3.63) is 64.7 Å². The van der Waals surface area contributed by atoms with E-state index >= 15 is 0 Å². The second kappa shape index (κ2) is 8.85. The third-order valence-electron chi connectivity index (χ3n) is 6.76. The lowest BCUT2D eigenvalue weighted by Gasteiger charge is -2.52. The molecule has 2 aliphatic rings. The molecule has 1 amide bonds. The van der Waals surface area contributed by atoms with Gasteiger partial charge in [-0.15, -0.1) is 0 Å². The Morgan fingerprint density at radius 1 is 0.971 bits per heavy atom. The van der Waals surface area contributed by atoms with Crippen molar-refractivity contribution >= 4 is 23.4 Å². The summed E-state index contributed by atoms with van der Waals surface area (Å²) in [7, 11) is 0. The molecule has 34 heavy (non-hydrogen) atoms. The Bertz CT molecular complexity index is 1030. The van der Waals surface area contributed by atoms with E-state index < -0.39 is 23.8 Å². The van der Waals surface area contributed by atoms with E-state index in [4.69, 9.17) is 21.2 Å². The van der Waals surface area contributed by atoms with Crippen molar-refractivity contribution in [2.75, 3.05) is 4.90 Å². The molecule has 2 aromatic carbocycles. The maximum absolute atomic E-state index is 13.6. The van der Waals surface area contributed by atoms with Crippen LogP contribution in [0, 0.1) is 0 Å². The third-order valence-corrected chi connectivity index (χ3v) is 7.06. The van der Waals surface area contributed by atoms with Crippen LogP contribution in [0.15, 0.2) is 48.5 Å². The van der Waals surface area contributed by atoms with Gasteiger partial charge in [-0.2, -0.15) is 5.06 Å². The van der Waals surface area contributed by atoms with E-state index in [1.165, 1.54) is 0 Å². The summed E-state index contributed by atoms with van der Waals surface area (Å²) in [5, 5.41) is 2.67. The summed E-state index contributed by atoms with van der Waals surface area (Å²) in [6, 6.07) is 15.3. The summed E-state index contributed by atoms with van der Waals surface area (Å²) >= 11 is 6.73. The van der Waals surface area contributed by atoms with Crippen LogP contribution in [-0.2, 0) is 9.57 Å². The van der Waals surface area contributed by atoms with Gasteiger partial charge in [-0.05, 0) is 79.4 Å². The van der Waals surface area contributed by atoms with E-state index in [1.54, 1.807) is 4.90 Å². The zero-order chi connectivity index (χ0) is 24.9. The number of benzene rings is 2. The highest BCUT2D eigenvalue weighted by atomic mass is 35.5. The number of halogens is 1. The van der Waals surface area contributed by atoms with Gasteiger partial charge < -0.3 is 4.74 Å². The fourth-order valence-electron chi connectivity index (χ4n) is 5.44. The molecule has 2 atom stereocenters. The zero-order valence-corrected chi connectivity index (χ0v) is 22.1. The molecular formula is C28H37ClN2O3. The quantitative estimate of drug-likeness (QED) is 0.444. The summed E-state index contributed by atoms with van der Waals surface area (Å²) in [6.45, 7) is 14.5. The number of amides is 1. The number of carbonyl (C=O) groups excluding carboxylic acids is 1. The Kier molecular flexibility index (Phi) is 6.52. The third kappa shape index (κ3) is 4.71. The van der Waals surface area contributed by atoms with Gasteiger partial charge in [0, 0.05) is 16.6 Å². The highest BCUT2D eigenvalue weighted by Gasteiger charge is 2.51. The molecule has 0 aromatic heterocycles. The summed E-state index contributed by atoms with van der Waals surface area (Å²) in [5.74, 6) is 0. The predicted molar refractivity (Wildman–Crippen MR) is 137 cm³/mol. The van der Waals surface area contributed by atoms with E-state index in [2.05, 4.69) is 32.8 Å². The van der Waals surface area contributed by atoms with Crippen LogP contribution in [-0.4, -0.2) is 27.8 Å². The molecule has 0 saturated carbocycles. The number of fused-ring (bicyclic) bond motifs is 1. The van der Waals surface area contributed by atoms with Gasteiger partial charge in [0.15, 0.2) is 0 Å². The van der Waals surface area contributed by atoms with Crippen molar-refractivity contribution < 1.29 is 14.4 Å². The van der Waals surface area contributed by atoms with Crippen molar-refractivity contribution in [2.45, 2.75) is 96.6 Å². The van der Waals surface area contributed by atoms with Gasteiger partial charge in [0.1, 0.15) is 11.7 Å². The van der Waals surface area contributed by atoms with Crippen LogP contribution in [0.1, 0.15) is 91.0 Å². The van der Waals surface area contributed by atoms with Crippen molar-refractivity contribution in [3.63, 3.8) is 0 Å². The van der Waals surface area contributed by atoms with Gasteiger partial charge in [-0.3, -0.25) is 9.74 Å². The van der Waals surface area contributed by atoms with Crippen molar-refractivity contribution in [3.8, 4) is 0 Å². The lowest BCUT2D eigenvalue weighted by atomic mass is 9.82. The normalized spacial score (nSPS) is 24.1. The first kappa shape index (κ1) is 25.0. The Morgan fingerprint density at radius 2 is 1.59 bits per heavy atom. The summed E-state index contributed by atoms with van der Waals surface area (Å²) in [5.41, 5.74) is 1.57. The molecule has 2 aliphatic heterocycles. The molecule has 1 fully saturated rings. The van der Waals surface area contributed by atoms with Crippen molar-refractivity contribution in [2.24, 2.45) is 0 Å². The Hall–Kier alpha value is -2.08. The van der Waals surface area contributed by atoms with Crippen LogP contribution < -0.4 is 4.90 Å². The maximum atomic E-state index is 13.6. The van der Waals surface area contributed by atoms with E-state index in [-0.39, 0.29) is 11.1 Å².